The normalized spacial score (nSPS) is 26.0. The Kier molecular flexibility index (Phi) is 1.46. The number of rotatable bonds is 1. The van der Waals surface area contributed by atoms with Crippen LogP contribution < -0.4 is 10.5 Å². The molecule has 0 amide bonds. The van der Waals surface area contributed by atoms with Crippen LogP contribution >= 0.6 is 0 Å². The zero-order valence-electron chi connectivity index (χ0n) is 8.29. The van der Waals surface area contributed by atoms with Gasteiger partial charge >= 0.3 is 0 Å². The molecule has 3 nitrogen and oxygen atoms in total. The number of hydrogen-bond acceptors (Lipinski definition) is 3. The first-order valence-corrected chi connectivity index (χ1v) is 5.12. The quantitative estimate of drug-likeness (QED) is 0.727. The monoisotopic (exact) mass is 190 g/mol. The van der Waals surface area contributed by atoms with E-state index in [0.29, 0.717) is 12.5 Å². The Morgan fingerprint density at radius 3 is 3.00 bits per heavy atom. The van der Waals surface area contributed by atoms with Gasteiger partial charge in [-0.15, -0.1) is 0 Å². The molecule has 1 saturated carbocycles. The van der Waals surface area contributed by atoms with E-state index in [1.54, 1.807) is 0 Å². The molecule has 3 heteroatoms. The Bertz CT molecular complexity index is 385. The molecule has 1 unspecified atom stereocenters. The van der Waals surface area contributed by atoms with Gasteiger partial charge in [-0.25, -0.2) is 0 Å². The van der Waals surface area contributed by atoms with Crippen molar-refractivity contribution >= 4 is 0 Å². The fourth-order valence-electron chi connectivity index (χ4n) is 2.34. The molecule has 1 spiro atoms. The van der Waals surface area contributed by atoms with Crippen molar-refractivity contribution in [1.82, 2.24) is 4.98 Å². The van der Waals surface area contributed by atoms with Crippen molar-refractivity contribution < 1.29 is 4.74 Å². The summed E-state index contributed by atoms with van der Waals surface area (Å²) in [4.78, 5) is 4.54. The Balaban J connectivity index is 2.09. The van der Waals surface area contributed by atoms with Crippen LogP contribution in [-0.4, -0.2) is 17.1 Å². The van der Waals surface area contributed by atoms with E-state index in [1.165, 1.54) is 0 Å². The van der Waals surface area contributed by atoms with E-state index in [-0.39, 0.29) is 5.60 Å². The van der Waals surface area contributed by atoms with Crippen LogP contribution in [0, 0.1) is 6.92 Å². The number of hydrogen-bond donors (Lipinski definition) is 1. The summed E-state index contributed by atoms with van der Waals surface area (Å²) in [5.74, 6) is 1.26. The van der Waals surface area contributed by atoms with E-state index in [0.717, 1.165) is 30.0 Å². The van der Waals surface area contributed by atoms with Crippen LogP contribution in [0.1, 0.15) is 30.1 Å². The highest BCUT2D eigenvalue weighted by molar-refractivity contribution is 5.42. The van der Waals surface area contributed by atoms with Crippen molar-refractivity contribution in [2.45, 2.75) is 31.3 Å². The molecule has 1 aliphatic carbocycles. The van der Waals surface area contributed by atoms with Crippen molar-refractivity contribution in [3.63, 3.8) is 0 Å². The molecule has 3 rings (SSSR count). The Morgan fingerprint density at radius 1 is 1.57 bits per heavy atom. The lowest BCUT2D eigenvalue weighted by Crippen LogP contribution is -2.27. The minimum absolute atomic E-state index is 0.0257. The number of ether oxygens (including phenoxy) is 1. The van der Waals surface area contributed by atoms with Gasteiger partial charge in [0.2, 0.25) is 0 Å². The van der Waals surface area contributed by atoms with E-state index in [9.17, 15) is 0 Å². The molecule has 1 atom stereocenters. The maximum atomic E-state index is 5.92. The van der Waals surface area contributed by atoms with Crippen molar-refractivity contribution in [3.05, 3.63) is 23.5 Å². The minimum Gasteiger partial charge on any atom is -0.485 e. The summed E-state index contributed by atoms with van der Waals surface area (Å²) in [7, 11) is 0. The maximum absolute atomic E-state index is 5.92. The van der Waals surface area contributed by atoms with Gasteiger partial charge in [0.15, 0.2) is 0 Å². The molecule has 1 aromatic rings. The second-order valence-corrected chi connectivity index (χ2v) is 4.29. The van der Waals surface area contributed by atoms with Gasteiger partial charge in [0.1, 0.15) is 11.4 Å². The second-order valence-electron chi connectivity index (χ2n) is 4.29. The summed E-state index contributed by atoms with van der Waals surface area (Å²) >= 11 is 0. The summed E-state index contributed by atoms with van der Waals surface area (Å²) in [5, 5.41) is 0. The number of aromatic nitrogens is 1. The van der Waals surface area contributed by atoms with Gasteiger partial charge in [0.05, 0.1) is 11.6 Å². The first-order valence-electron chi connectivity index (χ1n) is 5.12. The molecule has 0 bridgehead atoms. The van der Waals surface area contributed by atoms with Crippen LogP contribution in [0.15, 0.2) is 12.1 Å². The fourth-order valence-corrected chi connectivity index (χ4v) is 2.34. The number of nitrogens with zero attached hydrogens (tertiary/aromatic N) is 1. The third-order valence-corrected chi connectivity index (χ3v) is 3.28. The molecule has 1 aromatic heterocycles. The van der Waals surface area contributed by atoms with Gasteiger partial charge in [-0.2, -0.15) is 0 Å². The van der Waals surface area contributed by atoms with E-state index < -0.39 is 0 Å². The Labute approximate surface area is 83.3 Å². The molecule has 0 saturated heterocycles. The molecule has 74 valence electrons. The van der Waals surface area contributed by atoms with Crippen molar-refractivity contribution in [1.29, 1.82) is 0 Å². The lowest BCUT2D eigenvalue weighted by Gasteiger charge is -2.14. The Morgan fingerprint density at radius 2 is 2.36 bits per heavy atom. The lowest BCUT2D eigenvalue weighted by atomic mass is 9.98. The molecule has 2 aliphatic rings. The molecule has 2 N–H and O–H groups in total. The van der Waals surface area contributed by atoms with Crippen LogP contribution in [0.2, 0.25) is 0 Å². The van der Waals surface area contributed by atoms with Crippen molar-refractivity contribution in [3.8, 4) is 5.75 Å². The van der Waals surface area contributed by atoms with E-state index in [1.807, 2.05) is 19.1 Å². The maximum Gasteiger partial charge on any atom is 0.142 e. The highest BCUT2D eigenvalue weighted by atomic mass is 16.5. The largest absolute Gasteiger partial charge is 0.485 e. The summed E-state index contributed by atoms with van der Waals surface area (Å²) in [6, 6.07) is 4.02. The SMILES string of the molecule is Cc1ccc2c(n1)C(CN)C1(CC1)O2. The topological polar surface area (TPSA) is 48.1 Å². The zero-order chi connectivity index (χ0) is 9.76. The average Bonchev–Trinajstić information content (AvgIpc) is 2.83. The van der Waals surface area contributed by atoms with Crippen LogP contribution in [0.5, 0.6) is 5.75 Å². The van der Waals surface area contributed by atoms with Gasteiger partial charge < -0.3 is 10.5 Å². The molecule has 1 fully saturated rings. The van der Waals surface area contributed by atoms with Gasteiger partial charge in [0, 0.05) is 12.2 Å². The molecular formula is C11H14N2O. The lowest BCUT2D eigenvalue weighted by molar-refractivity contribution is 0.184. The number of nitrogens with two attached hydrogens (primary N) is 1. The predicted molar refractivity (Wildman–Crippen MR) is 53.4 cm³/mol. The van der Waals surface area contributed by atoms with Crippen molar-refractivity contribution in [2.75, 3.05) is 6.54 Å². The van der Waals surface area contributed by atoms with Crippen LogP contribution in [0.4, 0.5) is 0 Å². The molecule has 14 heavy (non-hydrogen) atoms. The minimum atomic E-state index is 0.0257. The first-order chi connectivity index (χ1) is 6.75. The second kappa shape index (κ2) is 2.48. The average molecular weight is 190 g/mol. The van der Waals surface area contributed by atoms with Crippen LogP contribution in [-0.2, 0) is 0 Å². The Hall–Kier alpha value is -1.09. The third kappa shape index (κ3) is 0.932. The summed E-state index contributed by atoms with van der Waals surface area (Å²) in [5.41, 5.74) is 7.94. The predicted octanol–water partition coefficient (Wildman–Crippen LogP) is 1.36. The third-order valence-electron chi connectivity index (χ3n) is 3.28. The molecule has 0 radical (unpaired) electrons. The highest BCUT2D eigenvalue weighted by Crippen LogP contribution is 2.56. The number of aryl methyl sites for hydroxylation is 1. The first kappa shape index (κ1) is 8.24. The summed E-state index contributed by atoms with van der Waals surface area (Å²) in [6.45, 7) is 2.65. The van der Waals surface area contributed by atoms with Crippen molar-refractivity contribution in [2.24, 2.45) is 5.73 Å². The van der Waals surface area contributed by atoms with Crippen LogP contribution in [0.3, 0.4) is 0 Å². The van der Waals surface area contributed by atoms with Crippen LogP contribution in [0.25, 0.3) is 0 Å². The fraction of sp³-hybridized carbons (Fsp3) is 0.545. The van der Waals surface area contributed by atoms with E-state index in [2.05, 4.69) is 4.98 Å². The number of fused-ring (bicyclic) bond motifs is 1. The summed E-state index contributed by atoms with van der Waals surface area (Å²) < 4.78 is 5.92. The van der Waals surface area contributed by atoms with E-state index >= 15 is 0 Å². The molecule has 1 aliphatic heterocycles. The number of pyridine rings is 1. The molecule has 0 aromatic carbocycles. The van der Waals surface area contributed by atoms with Gasteiger partial charge in [-0.3, -0.25) is 4.98 Å². The highest BCUT2D eigenvalue weighted by Gasteiger charge is 2.57. The van der Waals surface area contributed by atoms with Gasteiger partial charge in [-0.1, -0.05) is 0 Å². The molecule has 2 heterocycles. The zero-order valence-corrected chi connectivity index (χ0v) is 8.29. The smallest absolute Gasteiger partial charge is 0.142 e. The standard InChI is InChI=1S/C11H14N2O/c1-7-2-3-9-10(13-7)8(6-12)11(14-9)4-5-11/h2-3,8H,4-6,12H2,1H3. The van der Waals surface area contributed by atoms with E-state index in [4.69, 9.17) is 10.5 Å². The van der Waals surface area contributed by atoms with Gasteiger partial charge in [0.25, 0.3) is 0 Å². The van der Waals surface area contributed by atoms with Gasteiger partial charge in [-0.05, 0) is 31.9 Å². The summed E-state index contributed by atoms with van der Waals surface area (Å²) in [6.07, 6.45) is 2.26. The molecular weight excluding hydrogens is 176 g/mol.